The summed E-state index contributed by atoms with van der Waals surface area (Å²) in [6.07, 6.45) is 2.01. The van der Waals surface area contributed by atoms with E-state index >= 15 is 0 Å². The number of aliphatic carboxylic acids is 1. The lowest BCUT2D eigenvalue weighted by molar-refractivity contribution is -0.136. The number of hydrogen-bond donors (Lipinski definition) is 1. The maximum absolute atomic E-state index is 11.0. The number of fused-ring (bicyclic) bond motifs is 1. The number of aryl methyl sites for hydroxylation is 1. The quantitative estimate of drug-likeness (QED) is 0.792. The predicted molar refractivity (Wildman–Crippen MR) is 83.6 cm³/mol. The van der Waals surface area contributed by atoms with Crippen molar-refractivity contribution in [3.8, 4) is 0 Å². The molecule has 0 bridgehead atoms. The van der Waals surface area contributed by atoms with Crippen LogP contribution in [0.3, 0.4) is 0 Å². The molecule has 0 saturated heterocycles. The molecule has 0 radical (unpaired) electrons. The summed E-state index contributed by atoms with van der Waals surface area (Å²) >= 11 is 0. The van der Waals surface area contributed by atoms with Crippen molar-refractivity contribution < 1.29 is 9.90 Å². The van der Waals surface area contributed by atoms with Gasteiger partial charge >= 0.3 is 5.97 Å². The summed E-state index contributed by atoms with van der Waals surface area (Å²) in [6, 6.07) is 16.4. The van der Waals surface area contributed by atoms with E-state index in [9.17, 15) is 4.79 Å². The largest absolute Gasteiger partial charge is 0.481 e. The second-order valence-electron chi connectivity index (χ2n) is 5.36. The number of para-hydroxylation sites is 1. The number of carboxylic acid groups (broad SMARTS) is 1. The lowest BCUT2D eigenvalue weighted by Crippen LogP contribution is -2.00. The van der Waals surface area contributed by atoms with E-state index in [2.05, 4.69) is 35.8 Å². The molecular formula is C18H17NO2. The lowest BCUT2D eigenvalue weighted by atomic mass is 10.1. The average Bonchev–Trinajstić information content (AvgIpc) is 2.79. The minimum Gasteiger partial charge on any atom is -0.481 e. The first-order valence-corrected chi connectivity index (χ1v) is 6.97. The molecule has 3 aromatic rings. The van der Waals surface area contributed by atoms with E-state index in [0.717, 1.165) is 23.0 Å². The van der Waals surface area contributed by atoms with E-state index in [1.54, 1.807) is 0 Å². The fraction of sp³-hybridized carbons (Fsp3) is 0.167. The molecule has 0 aliphatic carbocycles. The third-order valence-electron chi connectivity index (χ3n) is 3.69. The molecule has 0 unspecified atom stereocenters. The predicted octanol–water partition coefficient (Wildman–Crippen LogP) is 3.63. The highest BCUT2D eigenvalue weighted by Crippen LogP contribution is 2.23. The molecule has 1 heterocycles. The first-order chi connectivity index (χ1) is 10.1. The van der Waals surface area contributed by atoms with Crippen molar-refractivity contribution in [3.63, 3.8) is 0 Å². The highest BCUT2D eigenvalue weighted by molar-refractivity contribution is 5.87. The number of carbonyl (C=O) groups is 1. The van der Waals surface area contributed by atoms with Gasteiger partial charge in [-0.2, -0.15) is 0 Å². The van der Waals surface area contributed by atoms with E-state index in [1.165, 1.54) is 11.1 Å². The molecule has 3 nitrogen and oxygen atoms in total. The Morgan fingerprint density at radius 2 is 1.81 bits per heavy atom. The van der Waals surface area contributed by atoms with Crippen LogP contribution in [0.5, 0.6) is 0 Å². The number of carboxylic acids is 1. The Morgan fingerprint density at radius 1 is 1.10 bits per heavy atom. The van der Waals surface area contributed by atoms with E-state index in [-0.39, 0.29) is 6.42 Å². The molecule has 3 heteroatoms. The number of hydrogen-bond acceptors (Lipinski definition) is 1. The van der Waals surface area contributed by atoms with Gasteiger partial charge in [-0.3, -0.25) is 4.79 Å². The van der Waals surface area contributed by atoms with Gasteiger partial charge in [0.05, 0.1) is 6.42 Å². The second kappa shape index (κ2) is 5.44. The molecular weight excluding hydrogens is 262 g/mol. The van der Waals surface area contributed by atoms with E-state index in [1.807, 2.05) is 30.5 Å². The van der Waals surface area contributed by atoms with Crippen LogP contribution in [-0.4, -0.2) is 15.6 Å². The maximum Gasteiger partial charge on any atom is 0.307 e. The normalized spacial score (nSPS) is 10.9. The molecule has 0 fully saturated rings. The molecule has 0 amide bonds. The Balaban J connectivity index is 2.01. The Labute approximate surface area is 123 Å². The van der Waals surface area contributed by atoms with Gasteiger partial charge in [0, 0.05) is 23.6 Å². The van der Waals surface area contributed by atoms with Crippen LogP contribution >= 0.6 is 0 Å². The van der Waals surface area contributed by atoms with Crippen molar-refractivity contribution in [3.05, 3.63) is 71.4 Å². The minimum absolute atomic E-state index is 0.0570. The van der Waals surface area contributed by atoms with Crippen molar-refractivity contribution in [1.29, 1.82) is 0 Å². The standard InChI is InChI=1S/C18H17NO2/c1-13-6-8-14(9-7-13)11-19-12-15(10-18(20)21)16-4-2-3-5-17(16)19/h2-9,12H,10-11H2,1H3,(H,20,21). The van der Waals surface area contributed by atoms with Gasteiger partial charge in [0.25, 0.3) is 0 Å². The molecule has 0 atom stereocenters. The topological polar surface area (TPSA) is 42.2 Å². The molecule has 0 saturated carbocycles. The summed E-state index contributed by atoms with van der Waals surface area (Å²) in [5.41, 5.74) is 4.39. The van der Waals surface area contributed by atoms with Gasteiger partial charge in [-0.25, -0.2) is 0 Å². The van der Waals surface area contributed by atoms with Crippen molar-refractivity contribution in [2.75, 3.05) is 0 Å². The fourth-order valence-electron chi connectivity index (χ4n) is 2.65. The van der Waals surface area contributed by atoms with Crippen LogP contribution in [-0.2, 0) is 17.8 Å². The van der Waals surface area contributed by atoms with Gasteiger partial charge in [-0.15, -0.1) is 0 Å². The lowest BCUT2D eigenvalue weighted by Gasteiger charge is -2.06. The zero-order valence-electron chi connectivity index (χ0n) is 11.9. The minimum atomic E-state index is -0.798. The van der Waals surface area contributed by atoms with Crippen LogP contribution in [0, 0.1) is 6.92 Å². The summed E-state index contributed by atoms with van der Waals surface area (Å²) < 4.78 is 2.12. The van der Waals surface area contributed by atoms with Gasteiger partial charge in [-0.05, 0) is 24.1 Å². The van der Waals surface area contributed by atoms with Gasteiger partial charge in [0.15, 0.2) is 0 Å². The Hall–Kier alpha value is -2.55. The summed E-state index contributed by atoms with van der Waals surface area (Å²) in [6.45, 7) is 2.82. The summed E-state index contributed by atoms with van der Waals surface area (Å²) in [4.78, 5) is 11.0. The highest BCUT2D eigenvalue weighted by atomic mass is 16.4. The van der Waals surface area contributed by atoms with Gasteiger partial charge in [0.2, 0.25) is 0 Å². The summed E-state index contributed by atoms with van der Waals surface area (Å²) in [5.74, 6) is -0.798. The van der Waals surface area contributed by atoms with Gasteiger partial charge < -0.3 is 9.67 Å². The van der Waals surface area contributed by atoms with E-state index in [0.29, 0.717) is 0 Å². The Bertz CT molecular complexity index is 785. The second-order valence-corrected chi connectivity index (χ2v) is 5.36. The third kappa shape index (κ3) is 2.82. The molecule has 21 heavy (non-hydrogen) atoms. The first kappa shape index (κ1) is 13.4. The number of benzene rings is 2. The SMILES string of the molecule is Cc1ccc(Cn2cc(CC(=O)O)c3ccccc32)cc1. The molecule has 0 aliphatic rings. The molecule has 3 rings (SSSR count). The monoisotopic (exact) mass is 279 g/mol. The zero-order valence-corrected chi connectivity index (χ0v) is 11.9. The Morgan fingerprint density at radius 3 is 2.52 bits per heavy atom. The van der Waals surface area contributed by atoms with Gasteiger partial charge in [0.1, 0.15) is 0 Å². The number of rotatable bonds is 4. The molecule has 2 aromatic carbocycles. The summed E-state index contributed by atoms with van der Waals surface area (Å²) in [7, 11) is 0. The molecule has 106 valence electrons. The van der Waals surface area contributed by atoms with Gasteiger partial charge in [-0.1, -0.05) is 48.0 Å². The van der Waals surface area contributed by atoms with Crippen LogP contribution in [0.2, 0.25) is 0 Å². The maximum atomic E-state index is 11.0. The molecule has 1 N–H and O–H groups in total. The van der Waals surface area contributed by atoms with Crippen molar-refractivity contribution in [2.45, 2.75) is 19.9 Å². The number of aromatic nitrogens is 1. The molecule has 0 spiro atoms. The molecule has 0 aliphatic heterocycles. The van der Waals surface area contributed by atoms with Crippen LogP contribution < -0.4 is 0 Å². The zero-order chi connectivity index (χ0) is 14.8. The number of nitrogens with zero attached hydrogens (tertiary/aromatic N) is 1. The summed E-state index contributed by atoms with van der Waals surface area (Å²) in [5, 5.41) is 10.1. The van der Waals surface area contributed by atoms with Crippen LogP contribution in [0.25, 0.3) is 10.9 Å². The highest BCUT2D eigenvalue weighted by Gasteiger charge is 2.11. The Kier molecular flexibility index (Phi) is 3.48. The van der Waals surface area contributed by atoms with Crippen molar-refractivity contribution in [1.82, 2.24) is 4.57 Å². The molecule has 1 aromatic heterocycles. The van der Waals surface area contributed by atoms with E-state index < -0.39 is 5.97 Å². The van der Waals surface area contributed by atoms with Crippen LogP contribution in [0.4, 0.5) is 0 Å². The average molecular weight is 279 g/mol. The first-order valence-electron chi connectivity index (χ1n) is 6.97. The van der Waals surface area contributed by atoms with Crippen molar-refractivity contribution in [2.24, 2.45) is 0 Å². The smallest absolute Gasteiger partial charge is 0.307 e. The fourth-order valence-corrected chi connectivity index (χ4v) is 2.65. The van der Waals surface area contributed by atoms with Crippen LogP contribution in [0.1, 0.15) is 16.7 Å². The van der Waals surface area contributed by atoms with E-state index in [4.69, 9.17) is 5.11 Å². The third-order valence-corrected chi connectivity index (χ3v) is 3.69. The van der Waals surface area contributed by atoms with Crippen molar-refractivity contribution >= 4 is 16.9 Å². The van der Waals surface area contributed by atoms with Crippen LogP contribution in [0.15, 0.2) is 54.7 Å².